The molecular formula is C15H21NO4. The Kier molecular flexibility index (Phi) is 4.18. The molecule has 5 heteroatoms. The number of aliphatic hydroxyl groups is 1. The molecule has 0 aromatic heterocycles. The van der Waals surface area contributed by atoms with Gasteiger partial charge in [-0.2, -0.15) is 0 Å². The predicted molar refractivity (Wildman–Crippen MR) is 74.5 cm³/mol. The Balaban J connectivity index is 2.16. The zero-order valence-corrected chi connectivity index (χ0v) is 12.2. The SMILES string of the molecule is CC(C)(C)OC(=O)N1CCOc2ccc(CO)cc2C1. The molecule has 0 radical (unpaired) electrons. The lowest BCUT2D eigenvalue weighted by molar-refractivity contribution is 0.0225. The summed E-state index contributed by atoms with van der Waals surface area (Å²) in [6.07, 6.45) is -0.344. The van der Waals surface area contributed by atoms with Crippen molar-refractivity contribution in [2.75, 3.05) is 13.2 Å². The van der Waals surface area contributed by atoms with Crippen LogP contribution in [0.2, 0.25) is 0 Å². The first-order valence-corrected chi connectivity index (χ1v) is 6.72. The summed E-state index contributed by atoms with van der Waals surface area (Å²) in [7, 11) is 0. The Hall–Kier alpha value is -1.75. The van der Waals surface area contributed by atoms with Gasteiger partial charge in [0.15, 0.2) is 0 Å². The fourth-order valence-corrected chi connectivity index (χ4v) is 2.03. The zero-order chi connectivity index (χ0) is 14.8. The van der Waals surface area contributed by atoms with E-state index in [-0.39, 0.29) is 12.7 Å². The van der Waals surface area contributed by atoms with Gasteiger partial charge in [-0.15, -0.1) is 0 Å². The third kappa shape index (κ3) is 3.63. The third-order valence-corrected chi connectivity index (χ3v) is 2.94. The first-order chi connectivity index (χ1) is 9.39. The molecule has 1 amide bonds. The van der Waals surface area contributed by atoms with Crippen molar-refractivity contribution in [1.29, 1.82) is 0 Å². The van der Waals surface area contributed by atoms with Crippen molar-refractivity contribution < 1.29 is 19.4 Å². The van der Waals surface area contributed by atoms with E-state index >= 15 is 0 Å². The van der Waals surface area contributed by atoms with Crippen LogP contribution in [0.15, 0.2) is 18.2 Å². The molecule has 1 aromatic rings. The average Bonchev–Trinajstić information content (AvgIpc) is 2.57. The number of fused-ring (bicyclic) bond motifs is 1. The van der Waals surface area contributed by atoms with E-state index in [2.05, 4.69) is 0 Å². The monoisotopic (exact) mass is 279 g/mol. The molecule has 0 unspecified atom stereocenters. The second kappa shape index (κ2) is 5.71. The smallest absolute Gasteiger partial charge is 0.410 e. The maximum absolute atomic E-state index is 12.1. The molecule has 1 aromatic carbocycles. The summed E-state index contributed by atoms with van der Waals surface area (Å²) in [4.78, 5) is 13.8. The van der Waals surface area contributed by atoms with Gasteiger partial charge in [0, 0.05) is 5.56 Å². The summed E-state index contributed by atoms with van der Waals surface area (Å²) >= 11 is 0. The summed E-state index contributed by atoms with van der Waals surface area (Å²) in [5, 5.41) is 9.19. The van der Waals surface area contributed by atoms with Crippen LogP contribution in [0, 0.1) is 0 Å². The second-order valence-corrected chi connectivity index (χ2v) is 5.85. The van der Waals surface area contributed by atoms with Crippen molar-refractivity contribution in [3.8, 4) is 5.75 Å². The number of hydrogen-bond acceptors (Lipinski definition) is 4. The second-order valence-electron chi connectivity index (χ2n) is 5.85. The molecular weight excluding hydrogens is 258 g/mol. The predicted octanol–water partition coefficient (Wildman–Crippen LogP) is 2.31. The van der Waals surface area contributed by atoms with E-state index in [4.69, 9.17) is 9.47 Å². The lowest BCUT2D eigenvalue weighted by Gasteiger charge is -2.26. The largest absolute Gasteiger partial charge is 0.491 e. The first-order valence-electron chi connectivity index (χ1n) is 6.72. The van der Waals surface area contributed by atoms with Crippen LogP contribution in [0.5, 0.6) is 5.75 Å². The van der Waals surface area contributed by atoms with Crippen LogP contribution in [-0.4, -0.2) is 34.9 Å². The molecule has 0 saturated carbocycles. The number of benzene rings is 1. The van der Waals surface area contributed by atoms with Crippen LogP contribution in [0.4, 0.5) is 4.79 Å². The van der Waals surface area contributed by atoms with Crippen LogP contribution in [0.1, 0.15) is 31.9 Å². The van der Waals surface area contributed by atoms with Crippen LogP contribution in [0.25, 0.3) is 0 Å². The number of aliphatic hydroxyl groups excluding tert-OH is 1. The molecule has 0 aliphatic carbocycles. The number of nitrogens with zero attached hydrogens (tertiary/aromatic N) is 1. The van der Waals surface area contributed by atoms with E-state index in [1.54, 1.807) is 4.90 Å². The molecule has 0 fully saturated rings. The van der Waals surface area contributed by atoms with Gasteiger partial charge in [0.05, 0.1) is 19.7 Å². The molecule has 0 spiro atoms. The van der Waals surface area contributed by atoms with E-state index in [0.717, 1.165) is 16.9 Å². The molecule has 0 saturated heterocycles. The van der Waals surface area contributed by atoms with Gasteiger partial charge in [0.2, 0.25) is 0 Å². The van der Waals surface area contributed by atoms with Crippen LogP contribution >= 0.6 is 0 Å². The summed E-state index contributed by atoms with van der Waals surface area (Å²) in [5.41, 5.74) is 1.18. The van der Waals surface area contributed by atoms with Gasteiger partial charge in [-0.25, -0.2) is 4.79 Å². The standard InChI is InChI=1S/C15H21NO4/c1-15(2,3)20-14(18)16-6-7-19-13-5-4-11(10-17)8-12(13)9-16/h4-5,8,17H,6-7,9-10H2,1-3H3. The molecule has 1 aliphatic heterocycles. The number of amides is 1. The Bertz CT molecular complexity index is 493. The van der Waals surface area contributed by atoms with Crippen molar-refractivity contribution in [3.05, 3.63) is 29.3 Å². The highest BCUT2D eigenvalue weighted by Gasteiger charge is 2.25. The van der Waals surface area contributed by atoms with Crippen LogP contribution < -0.4 is 4.74 Å². The van der Waals surface area contributed by atoms with Crippen molar-refractivity contribution in [1.82, 2.24) is 4.90 Å². The van der Waals surface area contributed by atoms with E-state index < -0.39 is 5.60 Å². The van der Waals surface area contributed by atoms with Gasteiger partial charge in [-0.3, -0.25) is 0 Å². The Morgan fingerprint density at radius 1 is 1.45 bits per heavy atom. The molecule has 110 valence electrons. The van der Waals surface area contributed by atoms with E-state index in [0.29, 0.717) is 19.7 Å². The van der Waals surface area contributed by atoms with Crippen molar-refractivity contribution >= 4 is 6.09 Å². The van der Waals surface area contributed by atoms with Gasteiger partial charge < -0.3 is 19.5 Å². The van der Waals surface area contributed by atoms with Gasteiger partial charge in [0.25, 0.3) is 0 Å². The number of rotatable bonds is 1. The maximum Gasteiger partial charge on any atom is 0.410 e. The molecule has 1 heterocycles. The minimum atomic E-state index is -0.514. The minimum Gasteiger partial charge on any atom is -0.491 e. The lowest BCUT2D eigenvalue weighted by Crippen LogP contribution is -2.37. The molecule has 5 nitrogen and oxygen atoms in total. The van der Waals surface area contributed by atoms with Crippen LogP contribution in [0.3, 0.4) is 0 Å². The fourth-order valence-electron chi connectivity index (χ4n) is 2.03. The molecule has 1 aliphatic rings. The minimum absolute atomic E-state index is 0.0281. The zero-order valence-electron chi connectivity index (χ0n) is 12.2. The topological polar surface area (TPSA) is 59.0 Å². The molecule has 20 heavy (non-hydrogen) atoms. The Morgan fingerprint density at radius 2 is 2.20 bits per heavy atom. The van der Waals surface area contributed by atoms with Crippen molar-refractivity contribution in [2.24, 2.45) is 0 Å². The van der Waals surface area contributed by atoms with Crippen molar-refractivity contribution in [2.45, 2.75) is 39.5 Å². The fraction of sp³-hybridized carbons (Fsp3) is 0.533. The van der Waals surface area contributed by atoms with E-state index in [1.165, 1.54) is 0 Å². The Morgan fingerprint density at radius 3 is 2.85 bits per heavy atom. The molecule has 0 bridgehead atoms. The van der Waals surface area contributed by atoms with Crippen LogP contribution in [-0.2, 0) is 17.9 Å². The van der Waals surface area contributed by atoms with Crippen molar-refractivity contribution in [3.63, 3.8) is 0 Å². The summed E-state index contributed by atoms with van der Waals surface area (Å²) in [6, 6.07) is 5.51. The maximum atomic E-state index is 12.1. The molecule has 1 N–H and O–H groups in total. The molecule has 0 atom stereocenters. The van der Waals surface area contributed by atoms with E-state index in [9.17, 15) is 9.90 Å². The number of hydrogen-bond donors (Lipinski definition) is 1. The highest BCUT2D eigenvalue weighted by Crippen LogP contribution is 2.25. The van der Waals surface area contributed by atoms with E-state index in [1.807, 2.05) is 39.0 Å². The number of carbonyl (C=O) groups is 1. The lowest BCUT2D eigenvalue weighted by atomic mass is 10.1. The highest BCUT2D eigenvalue weighted by molar-refractivity contribution is 5.68. The number of carbonyl (C=O) groups excluding carboxylic acids is 1. The average molecular weight is 279 g/mol. The summed E-state index contributed by atoms with van der Waals surface area (Å²) in [6.45, 7) is 6.85. The normalized spacial score (nSPS) is 15.1. The third-order valence-electron chi connectivity index (χ3n) is 2.94. The first kappa shape index (κ1) is 14.7. The Labute approximate surface area is 119 Å². The summed E-state index contributed by atoms with van der Waals surface area (Å²) in [5.74, 6) is 0.758. The summed E-state index contributed by atoms with van der Waals surface area (Å²) < 4.78 is 11.0. The number of ether oxygens (including phenoxy) is 2. The molecule has 2 rings (SSSR count). The quantitative estimate of drug-likeness (QED) is 0.857. The highest BCUT2D eigenvalue weighted by atomic mass is 16.6. The van der Waals surface area contributed by atoms with Gasteiger partial charge in [-0.1, -0.05) is 6.07 Å². The van der Waals surface area contributed by atoms with Gasteiger partial charge in [-0.05, 0) is 38.5 Å². The van der Waals surface area contributed by atoms with Gasteiger partial charge >= 0.3 is 6.09 Å². The van der Waals surface area contributed by atoms with Gasteiger partial charge in [0.1, 0.15) is 18.0 Å².